The number of hydrogen-bond acceptors (Lipinski definition) is 7. The molecule has 10 aromatic carbocycles. The van der Waals surface area contributed by atoms with Crippen molar-refractivity contribution in [1.29, 1.82) is 0 Å². The van der Waals surface area contributed by atoms with Gasteiger partial charge in [-0.25, -0.2) is 24.9 Å². The summed E-state index contributed by atoms with van der Waals surface area (Å²) < 4.78 is 4.80. The molecule has 76 heavy (non-hydrogen) atoms. The second-order valence-corrected chi connectivity index (χ2v) is 18.9. The van der Waals surface area contributed by atoms with Crippen LogP contribution in [0.25, 0.3) is 145 Å². The van der Waals surface area contributed by atoms with Gasteiger partial charge < -0.3 is 4.57 Å². The van der Waals surface area contributed by atoms with E-state index in [9.17, 15) is 0 Å². The van der Waals surface area contributed by atoms with Crippen LogP contribution < -0.4 is 0 Å². The van der Waals surface area contributed by atoms with Crippen LogP contribution in [0.1, 0.15) is 0 Å². The minimum Gasteiger partial charge on any atom is -0.308 e. The van der Waals surface area contributed by atoms with Gasteiger partial charge in [0.2, 0.25) is 5.95 Å². The van der Waals surface area contributed by atoms with E-state index in [-0.39, 0.29) is 0 Å². The summed E-state index contributed by atoms with van der Waals surface area (Å²) in [4.78, 5) is 35.8. The molecule has 0 N–H and O–H groups in total. The van der Waals surface area contributed by atoms with Crippen molar-refractivity contribution in [3.05, 3.63) is 249 Å². The van der Waals surface area contributed by atoms with E-state index in [0.717, 1.165) is 104 Å². The Balaban J connectivity index is 1.15. The molecule has 0 unspecified atom stereocenters. The molecule has 9 nitrogen and oxygen atoms in total. The molecule has 0 saturated heterocycles. The normalized spacial score (nSPS) is 11.7. The van der Waals surface area contributed by atoms with Crippen LogP contribution in [0.4, 0.5) is 0 Å². The molecule has 0 aliphatic rings. The lowest BCUT2D eigenvalue weighted by Crippen LogP contribution is -2.08. The van der Waals surface area contributed by atoms with Gasteiger partial charge in [-0.1, -0.05) is 212 Å². The molecule has 0 fully saturated rings. The van der Waals surface area contributed by atoms with Gasteiger partial charge in [-0.2, -0.15) is 9.97 Å². The Bertz CT molecular complexity index is 4590. The van der Waals surface area contributed by atoms with Crippen LogP contribution >= 0.6 is 0 Å². The minimum absolute atomic E-state index is 0.403. The lowest BCUT2D eigenvalue weighted by Gasteiger charge is -2.18. The van der Waals surface area contributed by atoms with E-state index in [0.29, 0.717) is 40.4 Å². The van der Waals surface area contributed by atoms with Crippen molar-refractivity contribution in [2.24, 2.45) is 0 Å². The Morgan fingerprint density at radius 3 is 1.07 bits per heavy atom. The minimum atomic E-state index is 0.403. The van der Waals surface area contributed by atoms with Crippen LogP contribution in [-0.4, -0.2) is 44.0 Å². The van der Waals surface area contributed by atoms with Crippen LogP contribution in [0.3, 0.4) is 0 Å². The maximum Gasteiger partial charge on any atom is 0.238 e. The molecule has 0 aliphatic heterocycles. The van der Waals surface area contributed by atoms with E-state index in [1.165, 1.54) is 0 Å². The molecule has 15 aromatic rings. The molecule has 5 aromatic heterocycles. The molecular formula is C67H41N9. The molecule has 354 valence electrons. The molecule has 15 rings (SSSR count). The maximum absolute atomic E-state index is 5.53. The maximum atomic E-state index is 5.53. The van der Waals surface area contributed by atoms with Crippen LogP contribution in [0.15, 0.2) is 249 Å². The van der Waals surface area contributed by atoms with Crippen molar-refractivity contribution in [3.8, 4) is 79.4 Å². The summed E-state index contributed by atoms with van der Waals surface area (Å²) in [5.74, 6) is 2.43. The SMILES string of the molecule is c1ccc(-c2ncc(-c3nc(-c4cnc(-c5ccccc5)nc4)nc(-n4c5c(-c6ccccc6)c6c7ccc8ccccc8c7n(-c7ccccc7)c6c(-c6ccccc6)c5c5ccc6ccccc6c54)n3)cn2)cc1. The van der Waals surface area contributed by atoms with Crippen molar-refractivity contribution in [2.45, 2.75) is 0 Å². The fraction of sp³-hybridized carbons (Fsp3) is 0. The predicted octanol–water partition coefficient (Wildman–Crippen LogP) is 16.0. The summed E-state index contributed by atoms with van der Waals surface area (Å²) in [7, 11) is 0. The van der Waals surface area contributed by atoms with Gasteiger partial charge in [-0.05, 0) is 34.0 Å². The highest BCUT2D eigenvalue weighted by Crippen LogP contribution is 2.53. The van der Waals surface area contributed by atoms with Gasteiger partial charge in [0.15, 0.2) is 23.3 Å². The average Bonchev–Trinajstić information content (AvgIpc) is 4.26. The topological polar surface area (TPSA) is 100 Å². The first kappa shape index (κ1) is 43.1. The van der Waals surface area contributed by atoms with Crippen molar-refractivity contribution in [3.63, 3.8) is 0 Å². The molecule has 0 bridgehead atoms. The van der Waals surface area contributed by atoms with E-state index < -0.39 is 0 Å². The highest BCUT2D eigenvalue weighted by molar-refractivity contribution is 6.36. The highest BCUT2D eigenvalue weighted by atomic mass is 15.2. The average molecular weight is 972 g/mol. The van der Waals surface area contributed by atoms with Gasteiger partial charge in [-0.15, -0.1) is 0 Å². The second kappa shape index (κ2) is 17.6. The molecule has 0 aliphatic carbocycles. The van der Waals surface area contributed by atoms with Crippen molar-refractivity contribution in [2.75, 3.05) is 0 Å². The van der Waals surface area contributed by atoms with E-state index in [4.69, 9.17) is 34.9 Å². The summed E-state index contributed by atoms with van der Waals surface area (Å²) in [6.45, 7) is 0. The predicted molar refractivity (Wildman–Crippen MR) is 307 cm³/mol. The Morgan fingerprint density at radius 2 is 0.618 bits per heavy atom. The van der Waals surface area contributed by atoms with E-state index in [1.54, 1.807) is 24.8 Å². The fourth-order valence-corrected chi connectivity index (χ4v) is 11.2. The number of rotatable bonds is 8. The van der Waals surface area contributed by atoms with Crippen molar-refractivity contribution >= 4 is 65.2 Å². The van der Waals surface area contributed by atoms with E-state index >= 15 is 0 Å². The van der Waals surface area contributed by atoms with Crippen molar-refractivity contribution < 1.29 is 0 Å². The third-order valence-corrected chi connectivity index (χ3v) is 14.5. The molecule has 0 radical (unpaired) electrons. The van der Waals surface area contributed by atoms with Crippen LogP contribution in [-0.2, 0) is 0 Å². The van der Waals surface area contributed by atoms with Gasteiger partial charge in [-0.3, -0.25) is 4.57 Å². The molecule has 0 saturated carbocycles. The number of aromatic nitrogens is 9. The Kier molecular flexibility index (Phi) is 9.99. The Hall–Kier alpha value is -10.5. The largest absolute Gasteiger partial charge is 0.308 e. The summed E-state index contributed by atoms with van der Waals surface area (Å²) >= 11 is 0. The summed E-state index contributed by atoms with van der Waals surface area (Å²) in [6.07, 6.45) is 7.18. The number of hydrogen-bond donors (Lipinski definition) is 0. The van der Waals surface area contributed by atoms with E-state index in [1.807, 2.05) is 60.7 Å². The lowest BCUT2D eigenvalue weighted by molar-refractivity contribution is 0.950. The standard InChI is InChI=1S/C67H41N9/c1-6-22-44(23-7-1)55-58-54-37-35-43-21-17-19-33-52(43)60(54)76(62(58)56(45-24-8-2-9-25-45)57-53-36-34-42-20-16-18-32-51(42)59(53)75(61(55)57)50-30-14-5-15-31-50)67-73-65(48-38-68-63(69-39-48)46-26-10-3-11-27-46)72-66(74-67)49-40-70-64(71-41-49)47-28-12-4-13-29-47/h1-41H. The highest BCUT2D eigenvalue weighted by Gasteiger charge is 2.31. The summed E-state index contributed by atoms with van der Waals surface area (Å²) in [5.41, 5.74) is 12.6. The van der Waals surface area contributed by atoms with Crippen LogP contribution in [0.2, 0.25) is 0 Å². The number of fused-ring (bicyclic) bond motifs is 10. The van der Waals surface area contributed by atoms with Crippen LogP contribution in [0.5, 0.6) is 0 Å². The zero-order valence-electron chi connectivity index (χ0n) is 40.7. The first-order valence-corrected chi connectivity index (χ1v) is 25.3. The molecule has 5 heterocycles. The monoisotopic (exact) mass is 971 g/mol. The summed E-state index contributed by atoms with van der Waals surface area (Å²) in [5, 5.41) is 8.81. The second-order valence-electron chi connectivity index (χ2n) is 18.9. The van der Waals surface area contributed by atoms with Gasteiger partial charge in [0.25, 0.3) is 0 Å². The number of benzene rings is 10. The Labute approximate surface area is 435 Å². The first-order valence-electron chi connectivity index (χ1n) is 25.3. The van der Waals surface area contributed by atoms with Crippen LogP contribution in [0, 0.1) is 0 Å². The lowest BCUT2D eigenvalue weighted by atomic mass is 9.89. The van der Waals surface area contributed by atoms with E-state index in [2.05, 4.69) is 173 Å². The number of para-hydroxylation sites is 1. The quantitative estimate of drug-likeness (QED) is 0.149. The van der Waals surface area contributed by atoms with Crippen molar-refractivity contribution in [1.82, 2.24) is 44.0 Å². The first-order chi connectivity index (χ1) is 37.7. The molecular weight excluding hydrogens is 931 g/mol. The third kappa shape index (κ3) is 6.90. The van der Waals surface area contributed by atoms with Gasteiger partial charge >= 0.3 is 0 Å². The third-order valence-electron chi connectivity index (χ3n) is 14.5. The van der Waals surface area contributed by atoms with Gasteiger partial charge in [0.05, 0.1) is 33.2 Å². The zero-order valence-corrected chi connectivity index (χ0v) is 40.7. The molecule has 0 spiro atoms. The Morgan fingerprint density at radius 1 is 0.250 bits per heavy atom. The number of nitrogens with zero attached hydrogens (tertiary/aromatic N) is 9. The smallest absolute Gasteiger partial charge is 0.238 e. The van der Waals surface area contributed by atoms with Gasteiger partial charge in [0.1, 0.15) is 0 Å². The molecule has 0 atom stereocenters. The molecule has 9 heteroatoms. The molecule has 0 amide bonds. The van der Waals surface area contributed by atoms with Gasteiger partial charge in [0, 0.05) is 85.0 Å². The summed E-state index contributed by atoms with van der Waals surface area (Å²) in [6, 6.07) is 78.8. The zero-order chi connectivity index (χ0) is 50.1. The fourth-order valence-electron chi connectivity index (χ4n) is 11.2.